The first-order valence-electron chi connectivity index (χ1n) is 9.91. The smallest absolute Gasteiger partial charge is 0.337 e. The van der Waals surface area contributed by atoms with Crippen molar-refractivity contribution in [3.8, 4) is 5.75 Å². The lowest BCUT2D eigenvalue weighted by Crippen LogP contribution is -2.37. The summed E-state index contributed by atoms with van der Waals surface area (Å²) in [7, 11) is -1.45. The first-order chi connectivity index (χ1) is 15.6. The molecule has 0 saturated heterocycles. The second kappa shape index (κ2) is 11.3. The van der Waals surface area contributed by atoms with Gasteiger partial charge >= 0.3 is 11.9 Å². The van der Waals surface area contributed by atoms with Crippen LogP contribution in [0.2, 0.25) is 0 Å². The maximum absolute atomic E-state index is 12.7. The van der Waals surface area contributed by atoms with E-state index < -0.39 is 34.4 Å². The van der Waals surface area contributed by atoms with Gasteiger partial charge < -0.3 is 19.5 Å². The Balaban J connectivity index is 2.27. The van der Waals surface area contributed by atoms with Gasteiger partial charge in [0.05, 0.1) is 43.9 Å². The lowest BCUT2D eigenvalue weighted by Gasteiger charge is -2.22. The zero-order valence-electron chi connectivity index (χ0n) is 18.8. The molecule has 0 spiro atoms. The molecule has 2 rings (SSSR count). The summed E-state index contributed by atoms with van der Waals surface area (Å²) in [5.74, 6) is -1.56. The molecular formula is C22H26N2O8S. The molecule has 0 unspecified atom stereocenters. The number of sulfonamides is 1. The third kappa shape index (κ3) is 7.21. The van der Waals surface area contributed by atoms with Gasteiger partial charge in [0.15, 0.2) is 0 Å². The van der Waals surface area contributed by atoms with Crippen LogP contribution in [-0.2, 0) is 24.3 Å². The molecule has 1 amide bonds. The molecule has 0 atom stereocenters. The number of hydrogen-bond acceptors (Lipinski definition) is 8. The second-order valence-electron chi connectivity index (χ2n) is 6.94. The van der Waals surface area contributed by atoms with Crippen molar-refractivity contribution >= 4 is 39.2 Å². The van der Waals surface area contributed by atoms with Crippen molar-refractivity contribution < 1.29 is 37.0 Å². The number of anilines is 2. The molecule has 0 heterocycles. The van der Waals surface area contributed by atoms with Crippen molar-refractivity contribution in [2.24, 2.45) is 0 Å². The molecular weight excluding hydrogens is 452 g/mol. The van der Waals surface area contributed by atoms with E-state index in [1.165, 1.54) is 44.6 Å². The van der Waals surface area contributed by atoms with E-state index in [1.54, 1.807) is 12.1 Å². The van der Waals surface area contributed by atoms with Crippen LogP contribution in [0.25, 0.3) is 0 Å². The molecule has 10 nitrogen and oxygen atoms in total. The number of hydrogen-bond donors (Lipinski definition) is 1. The standard InChI is InChI=1S/C22H26N2O8S/c1-5-10-32-19-8-6-18(7-9-19)24(33(4,28)29)14-20(25)23-17-12-15(21(26)30-2)11-16(13-17)22(27)31-3/h6-9,11-13H,5,10,14H2,1-4H3,(H,23,25). The number of carbonyl (C=O) groups is 3. The van der Waals surface area contributed by atoms with Gasteiger partial charge in [-0.3, -0.25) is 9.10 Å². The Morgan fingerprint density at radius 3 is 1.94 bits per heavy atom. The summed E-state index contributed by atoms with van der Waals surface area (Å²) in [6.45, 7) is 1.95. The monoisotopic (exact) mass is 478 g/mol. The highest BCUT2D eigenvalue weighted by molar-refractivity contribution is 7.92. The highest BCUT2D eigenvalue weighted by Gasteiger charge is 2.22. The third-order valence-corrected chi connectivity index (χ3v) is 5.48. The Morgan fingerprint density at radius 2 is 1.48 bits per heavy atom. The van der Waals surface area contributed by atoms with Crippen molar-refractivity contribution in [2.45, 2.75) is 13.3 Å². The Labute approximate surface area is 192 Å². The van der Waals surface area contributed by atoms with Crippen molar-refractivity contribution in [1.29, 1.82) is 0 Å². The van der Waals surface area contributed by atoms with Crippen LogP contribution in [-0.4, -0.2) is 59.9 Å². The fourth-order valence-corrected chi connectivity index (χ4v) is 3.69. The van der Waals surface area contributed by atoms with Gasteiger partial charge in [-0.1, -0.05) is 6.92 Å². The third-order valence-electron chi connectivity index (χ3n) is 4.34. The van der Waals surface area contributed by atoms with E-state index in [0.29, 0.717) is 12.4 Å². The van der Waals surface area contributed by atoms with Crippen molar-refractivity contribution in [3.05, 3.63) is 53.6 Å². The molecule has 33 heavy (non-hydrogen) atoms. The van der Waals surface area contributed by atoms with E-state index >= 15 is 0 Å². The Morgan fingerprint density at radius 1 is 0.939 bits per heavy atom. The van der Waals surface area contributed by atoms with Crippen LogP contribution in [0.3, 0.4) is 0 Å². The van der Waals surface area contributed by atoms with Gasteiger partial charge in [-0.05, 0) is 48.9 Å². The SMILES string of the molecule is CCCOc1ccc(N(CC(=O)Nc2cc(C(=O)OC)cc(C(=O)OC)c2)S(C)(=O)=O)cc1. The second-order valence-corrected chi connectivity index (χ2v) is 8.85. The molecule has 0 aliphatic rings. The van der Waals surface area contributed by atoms with Crippen LogP contribution < -0.4 is 14.4 Å². The normalized spacial score (nSPS) is 10.8. The maximum Gasteiger partial charge on any atom is 0.337 e. The summed E-state index contributed by atoms with van der Waals surface area (Å²) in [4.78, 5) is 36.5. The molecule has 2 aromatic rings. The molecule has 178 valence electrons. The number of amides is 1. The van der Waals surface area contributed by atoms with Crippen LogP contribution in [0, 0.1) is 0 Å². The van der Waals surface area contributed by atoms with E-state index in [0.717, 1.165) is 17.0 Å². The summed E-state index contributed by atoms with van der Waals surface area (Å²) in [6, 6.07) is 10.2. The van der Waals surface area contributed by atoms with Gasteiger partial charge in [-0.15, -0.1) is 0 Å². The summed E-state index contributed by atoms with van der Waals surface area (Å²) in [5.41, 5.74) is 0.395. The van der Waals surface area contributed by atoms with Crippen LogP contribution in [0.4, 0.5) is 11.4 Å². The summed E-state index contributed by atoms with van der Waals surface area (Å²) < 4.78 is 40.4. The summed E-state index contributed by atoms with van der Waals surface area (Å²) in [6.07, 6.45) is 1.81. The molecule has 0 aliphatic heterocycles. The first kappa shape index (κ1) is 25.7. The Hall–Kier alpha value is -3.60. The number of carbonyl (C=O) groups excluding carboxylic acids is 3. The number of nitrogens with zero attached hydrogens (tertiary/aromatic N) is 1. The minimum atomic E-state index is -3.80. The lowest BCUT2D eigenvalue weighted by atomic mass is 10.1. The topological polar surface area (TPSA) is 128 Å². The van der Waals surface area contributed by atoms with Crippen LogP contribution >= 0.6 is 0 Å². The average molecular weight is 479 g/mol. The average Bonchev–Trinajstić information content (AvgIpc) is 2.79. The minimum Gasteiger partial charge on any atom is -0.494 e. The Bertz CT molecular complexity index is 1080. The summed E-state index contributed by atoms with van der Waals surface area (Å²) in [5, 5.41) is 2.51. The van der Waals surface area contributed by atoms with Gasteiger partial charge in [0.2, 0.25) is 15.9 Å². The number of benzene rings is 2. The minimum absolute atomic E-state index is 0.0123. The molecule has 2 aromatic carbocycles. The Kier molecular flexibility index (Phi) is 8.80. The molecule has 0 saturated carbocycles. The molecule has 1 N–H and O–H groups in total. The molecule has 0 aromatic heterocycles. The van der Waals surface area contributed by atoms with Gasteiger partial charge in [0.25, 0.3) is 0 Å². The first-order valence-corrected chi connectivity index (χ1v) is 11.8. The maximum atomic E-state index is 12.7. The molecule has 0 aliphatic carbocycles. The zero-order valence-corrected chi connectivity index (χ0v) is 19.6. The van der Waals surface area contributed by atoms with E-state index in [-0.39, 0.29) is 22.5 Å². The number of nitrogens with one attached hydrogen (secondary N) is 1. The van der Waals surface area contributed by atoms with Crippen molar-refractivity contribution in [2.75, 3.05) is 43.2 Å². The fraction of sp³-hybridized carbons (Fsp3) is 0.318. The zero-order chi connectivity index (χ0) is 24.6. The molecule has 11 heteroatoms. The predicted molar refractivity (Wildman–Crippen MR) is 122 cm³/mol. The van der Waals surface area contributed by atoms with E-state index in [2.05, 4.69) is 14.8 Å². The largest absolute Gasteiger partial charge is 0.494 e. The van der Waals surface area contributed by atoms with Gasteiger partial charge in [-0.25, -0.2) is 18.0 Å². The predicted octanol–water partition coefficient (Wildman–Crippen LogP) is 2.45. The number of ether oxygens (including phenoxy) is 3. The van der Waals surface area contributed by atoms with E-state index in [4.69, 9.17) is 4.74 Å². The van der Waals surface area contributed by atoms with E-state index in [9.17, 15) is 22.8 Å². The highest BCUT2D eigenvalue weighted by Crippen LogP contribution is 2.22. The lowest BCUT2D eigenvalue weighted by molar-refractivity contribution is -0.114. The molecule has 0 bridgehead atoms. The van der Waals surface area contributed by atoms with Gasteiger partial charge in [0.1, 0.15) is 12.3 Å². The van der Waals surface area contributed by atoms with Crippen molar-refractivity contribution in [1.82, 2.24) is 0 Å². The van der Waals surface area contributed by atoms with Gasteiger partial charge in [-0.2, -0.15) is 0 Å². The van der Waals surface area contributed by atoms with Crippen molar-refractivity contribution in [3.63, 3.8) is 0 Å². The summed E-state index contributed by atoms with van der Waals surface area (Å²) >= 11 is 0. The number of rotatable bonds is 10. The van der Waals surface area contributed by atoms with Crippen LogP contribution in [0.5, 0.6) is 5.75 Å². The number of esters is 2. The van der Waals surface area contributed by atoms with Crippen LogP contribution in [0.15, 0.2) is 42.5 Å². The highest BCUT2D eigenvalue weighted by atomic mass is 32.2. The molecule has 0 fully saturated rings. The van der Waals surface area contributed by atoms with E-state index in [1.807, 2.05) is 6.92 Å². The molecule has 0 radical (unpaired) electrons. The fourth-order valence-electron chi connectivity index (χ4n) is 2.83. The number of methoxy groups -OCH3 is 2. The van der Waals surface area contributed by atoms with Crippen LogP contribution in [0.1, 0.15) is 34.1 Å². The quantitative estimate of drug-likeness (QED) is 0.516. The van der Waals surface area contributed by atoms with Gasteiger partial charge in [0, 0.05) is 5.69 Å².